The highest BCUT2D eigenvalue weighted by Crippen LogP contribution is 2.18. The minimum Gasteiger partial charge on any atom is -0.322 e. The van der Waals surface area contributed by atoms with Gasteiger partial charge >= 0.3 is 0 Å². The van der Waals surface area contributed by atoms with Crippen molar-refractivity contribution in [3.05, 3.63) is 82.9 Å². The molecule has 3 nitrogen and oxygen atoms in total. The standard InChI is InChI=1S/C20H19FN2O/c1-13-4-9-17(12-19(13)21)22-20(24)16-7-10-18(11-8-16)23-14(2)5-6-15(23)3/h4-12H,1-3H3,(H,22,24). The number of rotatable bonds is 3. The fraction of sp³-hybridized carbons (Fsp3) is 0.150. The van der Waals surface area contributed by atoms with Crippen LogP contribution in [0.15, 0.2) is 54.6 Å². The molecule has 0 bridgehead atoms. The Balaban J connectivity index is 1.80. The lowest BCUT2D eigenvalue weighted by atomic mass is 10.1. The second kappa shape index (κ2) is 6.32. The van der Waals surface area contributed by atoms with Crippen molar-refractivity contribution in [1.82, 2.24) is 4.57 Å². The Bertz CT molecular complexity index is 875. The van der Waals surface area contributed by atoms with Gasteiger partial charge in [-0.15, -0.1) is 0 Å². The maximum Gasteiger partial charge on any atom is 0.255 e. The highest BCUT2D eigenvalue weighted by Gasteiger charge is 2.09. The van der Waals surface area contributed by atoms with Crippen molar-refractivity contribution in [3.8, 4) is 5.69 Å². The first-order valence-electron chi connectivity index (χ1n) is 7.78. The zero-order valence-corrected chi connectivity index (χ0v) is 13.9. The van der Waals surface area contributed by atoms with Crippen molar-refractivity contribution in [1.29, 1.82) is 0 Å². The molecule has 0 aliphatic heterocycles. The molecule has 24 heavy (non-hydrogen) atoms. The van der Waals surface area contributed by atoms with Crippen LogP contribution in [-0.2, 0) is 0 Å². The van der Waals surface area contributed by atoms with Crippen molar-refractivity contribution < 1.29 is 9.18 Å². The number of hydrogen-bond donors (Lipinski definition) is 1. The first kappa shape index (κ1) is 16.0. The summed E-state index contributed by atoms with van der Waals surface area (Å²) in [6.07, 6.45) is 0. The van der Waals surface area contributed by atoms with Gasteiger partial charge in [0.1, 0.15) is 5.82 Å². The minimum atomic E-state index is -0.332. The van der Waals surface area contributed by atoms with E-state index in [9.17, 15) is 9.18 Å². The van der Waals surface area contributed by atoms with Gasteiger partial charge in [0.05, 0.1) is 0 Å². The van der Waals surface area contributed by atoms with Crippen molar-refractivity contribution in [2.24, 2.45) is 0 Å². The maximum absolute atomic E-state index is 13.6. The van der Waals surface area contributed by atoms with Gasteiger partial charge < -0.3 is 9.88 Å². The summed E-state index contributed by atoms with van der Waals surface area (Å²) in [6.45, 7) is 5.77. The number of carbonyl (C=O) groups is 1. The number of amides is 1. The lowest BCUT2D eigenvalue weighted by molar-refractivity contribution is 0.102. The highest BCUT2D eigenvalue weighted by molar-refractivity contribution is 6.04. The number of aromatic nitrogens is 1. The van der Waals surface area contributed by atoms with Crippen LogP contribution in [0, 0.1) is 26.6 Å². The van der Waals surface area contributed by atoms with Crippen LogP contribution < -0.4 is 5.32 Å². The van der Waals surface area contributed by atoms with Gasteiger partial charge in [-0.25, -0.2) is 4.39 Å². The summed E-state index contributed by atoms with van der Waals surface area (Å²) in [4.78, 5) is 12.3. The van der Waals surface area contributed by atoms with E-state index >= 15 is 0 Å². The quantitative estimate of drug-likeness (QED) is 0.739. The molecule has 0 aliphatic carbocycles. The number of nitrogens with zero attached hydrogens (tertiary/aromatic N) is 1. The Morgan fingerprint density at radius 1 is 0.917 bits per heavy atom. The van der Waals surface area contributed by atoms with E-state index in [4.69, 9.17) is 0 Å². The molecular formula is C20H19FN2O. The van der Waals surface area contributed by atoms with Gasteiger partial charge in [-0.1, -0.05) is 6.07 Å². The normalized spacial score (nSPS) is 10.7. The topological polar surface area (TPSA) is 34.0 Å². The largest absolute Gasteiger partial charge is 0.322 e. The van der Waals surface area contributed by atoms with Crippen LogP contribution in [0.25, 0.3) is 5.69 Å². The number of benzene rings is 2. The fourth-order valence-corrected chi connectivity index (χ4v) is 2.71. The first-order valence-corrected chi connectivity index (χ1v) is 7.78. The lowest BCUT2D eigenvalue weighted by Gasteiger charge is -2.11. The number of aryl methyl sites for hydroxylation is 3. The van der Waals surface area contributed by atoms with Crippen LogP contribution in [-0.4, -0.2) is 10.5 Å². The number of nitrogens with one attached hydrogen (secondary N) is 1. The van der Waals surface area contributed by atoms with Crippen molar-refractivity contribution >= 4 is 11.6 Å². The molecule has 0 atom stereocenters. The van der Waals surface area contributed by atoms with Crippen molar-refractivity contribution in [2.45, 2.75) is 20.8 Å². The maximum atomic E-state index is 13.6. The lowest BCUT2D eigenvalue weighted by Crippen LogP contribution is -2.12. The molecule has 0 saturated heterocycles. The van der Waals surface area contributed by atoms with Crippen molar-refractivity contribution in [2.75, 3.05) is 5.32 Å². The Morgan fingerprint density at radius 3 is 2.12 bits per heavy atom. The van der Waals surface area contributed by atoms with E-state index in [1.54, 1.807) is 31.2 Å². The Hall–Kier alpha value is -2.88. The van der Waals surface area contributed by atoms with Crippen LogP contribution in [0.1, 0.15) is 27.3 Å². The zero-order chi connectivity index (χ0) is 17.3. The van der Waals surface area contributed by atoms with Crippen LogP contribution >= 0.6 is 0 Å². The molecule has 0 aliphatic rings. The van der Waals surface area contributed by atoms with E-state index in [1.807, 2.05) is 26.0 Å². The Kier molecular flexibility index (Phi) is 4.21. The van der Waals surface area contributed by atoms with Gasteiger partial charge in [0, 0.05) is 28.3 Å². The van der Waals surface area contributed by atoms with E-state index in [0.29, 0.717) is 16.8 Å². The van der Waals surface area contributed by atoms with E-state index in [2.05, 4.69) is 22.0 Å². The number of hydrogen-bond acceptors (Lipinski definition) is 1. The number of carbonyl (C=O) groups excluding carboxylic acids is 1. The molecule has 1 aromatic heterocycles. The third kappa shape index (κ3) is 3.08. The molecule has 122 valence electrons. The molecule has 0 saturated carbocycles. The molecule has 0 fully saturated rings. The van der Waals surface area contributed by atoms with E-state index in [1.165, 1.54) is 6.07 Å². The molecule has 2 aromatic carbocycles. The molecule has 0 unspecified atom stereocenters. The van der Waals surface area contributed by atoms with Crippen LogP contribution in [0.5, 0.6) is 0 Å². The summed E-state index contributed by atoms with van der Waals surface area (Å²) in [5.74, 6) is -0.590. The predicted octanol–water partition coefficient (Wildman–Crippen LogP) is 4.79. The number of anilines is 1. The first-order chi connectivity index (χ1) is 11.5. The summed E-state index contributed by atoms with van der Waals surface area (Å²) in [6, 6.07) is 16.1. The number of halogens is 1. The van der Waals surface area contributed by atoms with Gasteiger partial charge in [-0.05, 0) is 74.9 Å². The Morgan fingerprint density at radius 2 is 1.54 bits per heavy atom. The Labute approximate surface area is 140 Å². The monoisotopic (exact) mass is 322 g/mol. The minimum absolute atomic E-state index is 0.259. The van der Waals surface area contributed by atoms with Gasteiger partial charge in [0.2, 0.25) is 0 Å². The summed E-state index contributed by atoms with van der Waals surface area (Å²) in [5, 5.41) is 2.72. The summed E-state index contributed by atoms with van der Waals surface area (Å²) >= 11 is 0. The average Bonchev–Trinajstić information content (AvgIpc) is 2.90. The third-order valence-electron chi connectivity index (χ3n) is 4.09. The summed E-state index contributed by atoms with van der Waals surface area (Å²) < 4.78 is 15.7. The van der Waals surface area contributed by atoms with Gasteiger partial charge in [0.15, 0.2) is 0 Å². The van der Waals surface area contributed by atoms with Crippen LogP contribution in [0.2, 0.25) is 0 Å². The molecule has 0 spiro atoms. The third-order valence-corrected chi connectivity index (χ3v) is 4.09. The van der Waals surface area contributed by atoms with Gasteiger partial charge in [0.25, 0.3) is 5.91 Å². The predicted molar refractivity (Wildman–Crippen MR) is 94.3 cm³/mol. The molecule has 0 radical (unpaired) electrons. The highest BCUT2D eigenvalue weighted by atomic mass is 19.1. The van der Waals surface area contributed by atoms with E-state index in [0.717, 1.165) is 17.1 Å². The smallest absolute Gasteiger partial charge is 0.255 e. The summed E-state index contributed by atoms with van der Waals surface area (Å²) in [7, 11) is 0. The molecule has 1 N–H and O–H groups in total. The van der Waals surface area contributed by atoms with Crippen LogP contribution in [0.4, 0.5) is 10.1 Å². The van der Waals surface area contributed by atoms with Gasteiger partial charge in [-0.2, -0.15) is 0 Å². The molecule has 4 heteroatoms. The molecule has 3 rings (SSSR count). The zero-order valence-electron chi connectivity index (χ0n) is 13.9. The fourth-order valence-electron chi connectivity index (χ4n) is 2.71. The SMILES string of the molecule is Cc1ccc(NC(=O)c2ccc(-n3c(C)ccc3C)cc2)cc1F. The van der Waals surface area contributed by atoms with Gasteiger partial charge in [-0.3, -0.25) is 4.79 Å². The van der Waals surface area contributed by atoms with Crippen LogP contribution in [0.3, 0.4) is 0 Å². The van der Waals surface area contributed by atoms with E-state index in [-0.39, 0.29) is 11.7 Å². The molecule has 1 amide bonds. The van der Waals surface area contributed by atoms with Crippen molar-refractivity contribution in [3.63, 3.8) is 0 Å². The summed E-state index contributed by atoms with van der Waals surface area (Å²) in [5.41, 5.74) is 4.81. The second-order valence-corrected chi connectivity index (χ2v) is 5.92. The molecular weight excluding hydrogens is 303 g/mol. The second-order valence-electron chi connectivity index (χ2n) is 5.92. The average molecular weight is 322 g/mol. The molecule has 3 aromatic rings. The van der Waals surface area contributed by atoms with E-state index < -0.39 is 0 Å². The molecule has 1 heterocycles.